The molecular weight excluding hydrogens is 286 g/mol. The smallest absolute Gasteiger partial charge is 0.434 e. The number of nitro groups is 1. The van der Waals surface area contributed by atoms with Crippen LogP contribution in [0.15, 0.2) is 24.3 Å². The maximum absolute atomic E-state index is 11.6. The highest BCUT2D eigenvalue weighted by Crippen LogP contribution is 2.23. The van der Waals surface area contributed by atoms with Gasteiger partial charge in [-0.2, -0.15) is 0 Å². The molecule has 22 heavy (non-hydrogen) atoms. The summed E-state index contributed by atoms with van der Waals surface area (Å²) in [5.41, 5.74) is -0.0586. The van der Waals surface area contributed by atoms with Gasteiger partial charge in [0.1, 0.15) is 5.75 Å². The van der Waals surface area contributed by atoms with Gasteiger partial charge < -0.3 is 9.47 Å². The Morgan fingerprint density at radius 1 is 1.18 bits per heavy atom. The van der Waals surface area contributed by atoms with Crippen molar-refractivity contribution in [2.24, 2.45) is 17.8 Å². The molecule has 0 N–H and O–H groups in total. The molecule has 1 rings (SSSR count). The van der Waals surface area contributed by atoms with E-state index in [0.717, 1.165) is 6.42 Å². The van der Waals surface area contributed by atoms with Crippen LogP contribution in [0.5, 0.6) is 5.75 Å². The molecule has 6 nitrogen and oxygen atoms in total. The highest BCUT2D eigenvalue weighted by molar-refractivity contribution is 5.63. The van der Waals surface area contributed by atoms with Crippen LogP contribution in [0.2, 0.25) is 0 Å². The first-order valence-electron chi connectivity index (χ1n) is 7.44. The number of ether oxygens (including phenoxy) is 2. The predicted molar refractivity (Wildman–Crippen MR) is 82.9 cm³/mol. The van der Waals surface area contributed by atoms with Crippen molar-refractivity contribution < 1.29 is 19.2 Å². The molecule has 3 unspecified atom stereocenters. The molecule has 0 saturated heterocycles. The van der Waals surface area contributed by atoms with E-state index in [1.54, 1.807) is 0 Å². The number of carbonyl (C=O) groups excluding carboxylic acids is 1. The summed E-state index contributed by atoms with van der Waals surface area (Å²) in [6, 6.07) is 5.28. The maximum Gasteiger partial charge on any atom is 0.513 e. The van der Waals surface area contributed by atoms with E-state index in [4.69, 9.17) is 9.47 Å². The van der Waals surface area contributed by atoms with Crippen molar-refractivity contribution in [1.29, 1.82) is 0 Å². The van der Waals surface area contributed by atoms with Gasteiger partial charge in [-0.3, -0.25) is 10.1 Å². The largest absolute Gasteiger partial charge is 0.513 e. The van der Waals surface area contributed by atoms with Crippen LogP contribution in [0.25, 0.3) is 0 Å². The summed E-state index contributed by atoms with van der Waals surface area (Å²) < 4.78 is 10.1. The zero-order valence-electron chi connectivity index (χ0n) is 13.4. The number of rotatable bonds is 7. The highest BCUT2D eigenvalue weighted by Gasteiger charge is 2.20. The van der Waals surface area contributed by atoms with Crippen molar-refractivity contribution in [3.63, 3.8) is 0 Å². The molecule has 0 amide bonds. The molecule has 0 radical (unpaired) electrons. The lowest BCUT2D eigenvalue weighted by atomic mass is 9.84. The van der Waals surface area contributed by atoms with Gasteiger partial charge >= 0.3 is 6.16 Å². The molecule has 0 aliphatic carbocycles. The average Bonchev–Trinajstić information content (AvgIpc) is 2.51. The van der Waals surface area contributed by atoms with Crippen molar-refractivity contribution in [3.8, 4) is 5.75 Å². The second kappa shape index (κ2) is 8.36. The van der Waals surface area contributed by atoms with E-state index in [2.05, 4.69) is 20.8 Å². The van der Waals surface area contributed by atoms with Crippen LogP contribution >= 0.6 is 0 Å². The Balaban J connectivity index is 2.44. The van der Waals surface area contributed by atoms with Crippen molar-refractivity contribution in [1.82, 2.24) is 0 Å². The second-order valence-corrected chi connectivity index (χ2v) is 5.64. The molecule has 0 aromatic heterocycles. The normalized spacial score (nSPS) is 14.7. The second-order valence-electron chi connectivity index (χ2n) is 5.64. The van der Waals surface area contributed by atoms with Crippen LogP contribution in [0.3, 0.4) is 0 Å². The van der Waals surface area contributed by atoms with Crippen molar-refractivity contribution >= 4 is 11.8 Å². The lowest BCUT2D eigenvalue weighted by Crippen LogP contribution is -2.23. The van der Waals surface area contributed by atoms with Gasteiger partial charge in [-0.1, -0.05) is 34.1 Å². The van der Waals surface area contributed by atoms with Gasteiger partial charge in [0.25, 0.3) is 5.69 Å². The molecule has 1 aromatic carbocycles. The third-order valence-corrected chi connectivity index (χ3v) is 4.15. The first-order chi connectivity index (χ1) is 10.3. The molecule has 6 heteroatoms. The Morgan fingerprint density at radius 3 is 2.27 bits per heavy atom. The van der Waals surface area contributed by atoms with Gasteiger partial charge in [0, 0.05) is 12.1 Å². The van der Waals surface area contributed by atoms with Gasteiger partial charge in [-0.15, -0.1) is 0 Å². The number of benzene rings is 1. The lowest BCUT2D eigenvalue weighted by molar-refractivity contribution is -0.384. The minimum atomic E-state index is -0.794. The van der Waals surface area contributed by atoms with E-state index in [0.29, 0.717) is 11.8 Å². The van der Waals surface area contributed by atoms with Gasteiger partial charge in [-0.05, 0) is 29.9 Å². The molecule has 0 aliphatic heterocycles. The van der Waals surface area contributed by atoms with Crippen LogP contribution in [-0.2, 0) is 4.74 Å². The van der Waals surface area contributed by atoms with Crippen LogP contribution in [-0.4, -0.2) is 17.7 Å². The Labute approximate surface area is 130 Å². The van der Waals surface area contributed by atoms with E-state index < -0.39 is 11.1 Å². The summed E-state index contributed by atoms with van der Waals surface area (Å²) in [5, 5.41) is 10.5. The fourth-order valence-corrected chi connectivity index (χ4v) is 2.05. The fraction of sp³-hybridized carbons (Fsp3) is 0.562. The summed E-state index contributed by atoms with van der Waals surface area (Å²) in [4.78, 5) is 21.6. The van der Waals surface area contributed by atoms with Crippen molar-refractivity contribution in [3.05, 3.63) is 34.4 Å². The first-order valence-corrected chi connectivity index (χ1v) is 7.44. The standard InChI is InChI=1S/C16H23NO5/c1-5-11(2)13(4)12(3)10-21-16(18)22-15-8-6-14(7-9-15)17(19)20/h6-9,11-13H,5,10H2,1-4H3. The van der Waals surface area contributed by atoms with Crippen LogP contribution in [0.1, 0.15) is 34.1 Å². The van der Waals surface area contributed by atoms with Gasteiger partial charge in [-0.25, -0.2) is 4.79 Å². The van der Waals surface area contributed by atoms with Gasteiger partial charge in [0.15, 0.2) is 0 Å². The van der Waals surface area contributed by atoms with E-state index in [1.807, 2.05) is 6.92 Å². The van der Waals surface area contributed by atoms with E-state index in [1.165, 1.54) is 24.3 Å². The Hall–Kier alpha value is -2.11. The molecule has 0 fully saturated rings. The SMILES string of the molecule is CCC(C)C(C)C(C)COC(=O)Oc1ccc([N+](=O)[O-])cc1. The molecule has 0 aliphatic rings. The van der Waals surface area contributed by atoms with E-state index in [-0.39, 0.29) is 24.0 Å². The minimum Gasteiger partial charge on any atom is -0.434 e. The molecule has 0 spiro atoms. The predicted octanol–water partition coefficient (Wildman–Crippen LogP) is 4.43. The van der Waals surface area contributed by atoms with Crippen LogP contribution < -0.4 is 4.74 Å². The van der Waals surface area contributed by atoms with Crippen molar-refractivity contribution in [2.45, 2.75) is 34.1 Å². The summed E-state index contributed by atoms with van der Waals surface area (Å²) in [7, 11) is 0. The van der Waals surface area contributed by atoms with Crippen LogP contribution in [0.4, 0.5) is 10.5 Å². The number of nitro benzene ring substituents is 1. The number of nitrogens with zero attached hydrogens (tertiary/aromatic N) is 1. The third kappa shape index (κ3) is 5.35. The van der Waals surface area contributed by atoms with Crippen molar-refractivity contribution in [2.75, 3.05) is 6.61 Å². The highest BCUT2D eigenvalue weighted by atomic mass is 16.7. The zero-order chi connectivity index (χ0) is 16.7. The molecule has 1 aromatic rings. The molecule has 0 bridgehead atoms. The zero-order valence-corrected chi connectivity index (χ0v) is 13.4. The number of non-ortho nitro benzene ring substituents is 1. The minimum absolute atomic E-state index is 0.0586. The van der Waals surface area contributed by atoms with E-state index in [9.17, 15) is 14.9 Å². The molecule has 0 heterocycles. The Bertz CT molecular complexity index is 500. The van der Waals surface area contributed by atoms with E-state index >= 15 is 0 Å². The number of carbonyl (C=O) groups is 1. The monoisotopic (exact) mass is 309 g/mol. The van der Waals surface area contributed by atoms with Gasteiger partial charge in [0.05, 0.1) is 11.5 Å². The summed E-state index contributed by atoms with van der Waals surface area (Å²) >= 11 is 0. The number of hydrogen-bond donors (Lipinski definition) is 0. The summed E-state index contributed by atoms with van der Waals surface area (Å²) in [5.74, 6) is 1.46. The summed E-state index contributed by atoms with van der Waals surface area (Å²) in [6.07, 6.45) is 0.288. The Kier molecular flexibility index (Phi) is 6.82. The molecule has 3 atom stereocenters. The number of hydrogen-bond acceptors (Lipinski definition) is 5. The molecule has 0 saturated carbocycles. The molecule has 122 valence electrons. The average molecular weight is 309 g/mol. The fourth-order valence-electron chi connectivity index (χ4n) is 2.05. The first kappa shape index (κ1) is 17.9. The molecular formula is C16H23NO5. The maximum atomic E-state index is 11.6. The quantitative estimate of drug-likeness (QED) is 0.322. The third-order valence-electron chi connectivity index (χ3n) is 4.15. The van der Waals surface area contributed by atoms with Gasteiger partial charge in [0.2, 0.25) is 0 Å². The Morgan fingerprint density at radius 2 is 1.77 bits per heavy atom. The van der Waals surface area contributed by atoms with Crippen LogP contribution in [0, 0.1) is 27.9 Å². The summed E-state index contributed by atoms with van der Waals surface area (Å²) in [6.45, 7) is 8.78. The topological polar surface area (TPSA) is 78.7 Å². The lowest BCUT2D eigenvalue weighted by Gasteiger charge is -2.24.